The minimum Gasteiger partial charge on any atom is -0.323 e. The third-order valence-corrected chi connectivity index (χ3v) is 5.52. The maximum atomic E-state index is 5.61. The number of benzene rings is 1. The molecule has 0 amide bonds. The van der Waals surface area contributed by atoms with Gasteiger partial charge in [-0.15, -0.1) is 0 Å². The van der Waals surface area contributed by atoms with E-state index in [2.05, 4.69) is 43.9 Å². The Morgan fingerprint density at radius 3 is 2.12 bits per heavy atom. The Kier molecular flexibility index (Phi) is 4.65. The Labute approximate surface area is 155 Å². The lowest BCUT2D eigenvalue weighted by molar-refractivity contribution is -0.391. The molecule has 0 N–H and O–H groups in total. The summed E-state index contributed by atoms with van der Waals surface area (Å²) in [6.45, 7) is 12.5. The van der Waals surface area contributed by atoms with Crippen LogP contribution in [0.1, 0.15) is 45.7 Å². The van der Waals surface area contributed by atoms with Crippen molar-refractivity contribution < 1.29 is 18.9 Å². The fourth-order valence-corrected chi connectivity index (χ4v) is 3.74. The molecule has 0 saturated carbocycles. The fraction of sp³-hybridized carbons (Fsp3) is 0.650. The first-order valence-corrected chi connectivity index (χ1v) is 9.34. The smallest absolute Gasteiger partial charge is 0.176 e. The Morgan fingerprint density at radius 2 is 1.58 bits per heavy atom. The molecule has 0 spiro atoms. The lowest BCUT2D eigenvalue weighted by atomic mass is 9.82. The molecular weight excluding hydrogens is 332 g/mol. The van der Waals surface area contributed by atoms with Crippen molar-refractivity contribution in [3.63, 3.8) is 0 Å². The van der Waals surface area contributed by atoms with Gasteiger partial charge in [-0.1, -0.05) is 26.0 Å². The van der Waals surface area contributed by atoms with Crippen LogP contribution in [0.3, 0.4) is 0 Å². The molecule has 0 aromatic heterocycles. The first kappa shape index (κ1) is 18.1. The van der Waals surface area contributed by atoms with Gasteiger partial charge in [-0.25, -0.2) is 0 Å². The minimum absolute atomic E-state index is 0.0149. The quantitative estimate of drug-likeness (QED) is 0.779. The summed E-state index contributed by atoms with van der Waals surface area (Å²) in [7, 11) is 0. The summed E-state index contributed by atoms with van der Waals surface area (Å²) in [4.78, 5) is 7.02. The summed E-state index contributed by atoms with van der Waals surface area (Å²) in [6.07, 6.45) is -0.595. The van der Waals surface area contributed by atoms with Crippen LogP contribution in [0, 0.1) is 0 Å². The van der Waals surface area contributed by atoms with Crippen LogP contribution in [0.4, 0.5) is 5.69 Å². The van der Waals surface area contributed by atoms with Crippen LogP contribution < -0.4 is 0 Å². The molecule has 3 aliphatic rings. The van der Waals surface area contributed by atoms with Gasteiger partial charge in [0.25, 0.3) is 0 Å². The van der Waals surface area contributed by atoms with Gasteiger partial charge in [0.1, 0.15) is 0 Å². The third-order valence-electron chi connectivity index (χ3n) is 5.52. The normalized spacial score (nSPS) is 32.0. The van der Waals surface area contributed by atoms with Gasteiger partial charge < -0.3 is 18.9 Å². The summed E-state index contributed by atoms with van der Waals surface area (Å²) < 4.78 is 22.4. The Morgan fingerprint density at radius 1 is 1.00 bits per heavy atom. The molecule has 26 heavy (non-hydrogen) atoms. The first-order chi connectivity index (χ1) is 12.3. The van der Waals surface area contributed by atoms with E-state index in [1.54, 1.807) is 0 Å². The molecular formula is C20H28N2O4. The second kappa shape index (κ2) is 6.69. The predicted molar refractivity (Wildman–Crippen MR) is 98.4 cm³/mol. The largest absolute Gasteiger partial charge is 0.323 e. The SMILES string of the molecule is CC1=Nc2cc(CN(CC3OC(C)O3)CC3OC(C)O3)ccc2C1(C)C. The van der Waals surface area contributed by atoms with E-state index in [-0.39, 0.29) is 30.6 Å². The van der Waals surface area contributed by atoms with Crippen LogP contribution in [0.5, 0.6) is 0 Å². The molecule has 1 aromatic rings. The van der Waals surface area contributed by atoms with E-state index in [4.69, 9.17) is 23.9 Å². The zero-order valence-corrected chi connectivity index (χ0v) is 16.2. The second-order valence-electron chi connectivity index (χ2n) is 7.91. The lowest BCUT2D eigenvalue weighted by Gasteiger charge is -2.40. The Bertz CT molecular complexity index is 686. The van der Waals surface area contributed by atoms with Crippen LogP contribution in [0.25, 0.3) is 0 Å². The van der Waals surface area contributed by atoms with Crippen molar-refractivity contribution in [1.29, 1.82) is 0 Å². The highest BCUT2D eigenvalue weighted by atomic mass is 16.9. The van der Waals surface area contributed by atoms with Gasteiger partial charge in [0.05, 0.1) is 18.8 Å². The molecule has 0 atom stereocenters. The zero-order valence-electron chi connectivity index (χ0n) is 16.2. The zero-order chi connectivity index (χ0) is 18.5. The molecule has 3 aliphatic heterocycles. The molecule has 0 bridgehead atoms. The van der Waals surface area contributed by atoms with E-state index >= 15 is 0 Å². The van der Waals surface area contributed by atoms with E-state index in [0.29, 0.717) is 13.1 Å². The molecule has 0 radical (unpaired) electrons. The summed E-state index contributed by atoms with van der Waals surface area (Å²) >= 11 is 0. The van der Waals surface area contributed by atoms with Crippen LogP contribution in [0.2, 0.25) is 0 Å². The average molecular weight is 360 g/mol. The van der Waals surface area contributed by atoms with Crippen molar-refractivity contribution in [2.24, 2.45) is 4.99 Å². The van der Waals surface area contributed by atoms with Crippen molar-refractivity contribution >= 4 is 11.4 Å². The van der Waals surface area contributed by atoms with Gasteiger partial charge in [-0.3, -0.25) is 9.89 Å². The Hall–Kier alpha value is -1.31. The van der Waals surface area contributed by atoms with Gasteiger partial charge in [-0.2, -0.15) is 0 Å². The highest BCUT2D eigenvalue weighted by Crippen LogP contribution is 2.40. The van der Waals surface area contributed by atoms with Crippen LogP contribution in [0.15, 0.2) is 23.2 Å². The topological polar surface area (TPSA) is 52.5 Å². The van der Waals surface area contributed by atoms with Gasteiger partial charge >= 0.3 is 0 Å². The predicted octanol–water partition coefficient (Wildman–Crippen LogP) is 3.31. The third kappa shape index (κ3) is 3.44. The summed E-state index contributed by atoms with van der Waals surface area (Å²) in [5.41, 5.74) is 4.78. The van der Waals surface area contributed by atoms with Gasteiger partial charge in [0.15, 0.2) is 25.2 Å². The molecule has 4 rings (SSSR count). The number of hydrogen-bond donors (Lipinski definition) is 0. The molecule has 6 nitrogen and oxygen atoms in total. The van der Waals surface area contributed by atoms with Gasteiger partial charge in [0, 0.05) is 17.7 Å². The van der Waals surface area contributed by atoms with Crippen molar-refractivity contribution in [3.05, 3.63) is 29.3 Å². The second-order valence-corrected chi connectivity index (χ2v) is 7.91. The van der Waals surface area contributed by atoms with E-state index < -0.39 is 0 Å². The van der Waals surface area contributed by atoms with Crippen molar-refractivity contribution in [2.75, 3.05) is 13.1 Å². The van der Waals surface area contributed by atoms with Crippen molar-refractivity contribution in [3.8, 4) is 0 Å². The molecule has 142 valence electrons. The number of fused-ring (bicyclic) bond motifs is 1. The molecule has 1 aromatic carbocycles. The molecule has 2 fully saturated rings. The van der Waals surface area contributed by atoms with Crippen molar-refractivity contribution in [1.82, 2.24) is 4.90 Å². The van der Waals surface area contributed by atoms with E-state index in [9.17, 15) is 0 Å². The minimum atomic E-state index is -0.184. The monoisotopic (exact) mass is 360 g/mol. The maximum Gasteiger partial charge on any atom is 0.176 e. The van der Waals surface area contributed by atoms with E-state index in [1.807, 2.05) is 13.8 Å². The van der Waals surface area contributed by atoms with E-state index in [1.165, 1.54) is 11.1 Å². The van der Waals surface area contributed by atoms with Crippen LogP contribution in [-0.4, -0.2) is 48.9 Å². The molecule has 6 heteroatoms. The van der Waals surface area contributed by atoms with Crippen molar-refractivity contribution in [2.45, 2.75) is 71.7 Å². The molecule has 3 heterocycles. The standard InChI is InChI=1S/C20H28N2O4/c1-12-20(4,5)16-7-6-15(8-17(16)21-12)9-22(10-18-23-13(2)24-18)11-19-25-14(3)26-19/h6-8,13-14,18-19H,9-11H2,1-5H3. The number of rotatable bonds is 6. The number of aliphatic imine (C=N–C) groups is 1. The maximum absolute atomic E-state index is 5.61. The number of hydrogen-bond acceptors (Lipinski definition) is 6. The van der Waals surface area contributed by atoms with Gasteiger partial charge in [0.2, 0.25) is 0 Å². The Balaban J connectivity index is 1.45. The summed E-state index contributed by atoms with van der Waals surface area (Å²) in [5, 5.41) is 0. The number of nitrogens with zero attached hydrogens (tertiary/aromatic N) is 2. The molecule has 0 aliphatic carbocycles. The molecule has 2 saturated heterocycles. The fourth-order valence-electron chi connectivity index (χ4n) is 3.74. The number of ether oxygens (including phenoxy) is 4. The van der Waals surface area contributed by atoms with E-state index in [0.717, 1.165) is 17.9 Å². The van der Waals surface area contributed by atoms with Gasteiger partial charge in [-0.05, 0) is 38.0 Å². The highest BCUT2D eigenvalue weighted by Gasteiger charge is 2.34. The summed E-state index contributed by atoms with van der Waals surface area (Å²) in [6, 6.07) is 6.59. The van der Waals surface area contributed by atoms with Crippen LogP contribution >= 0.6 is 0 Å². The lowest BCUT2D eigenvalue weighted by Crippen LogP contribution is -2.51. The van der Waals surface area contributed by atoms with Crippen LogP contribution in [-0.2, 0) is 30.9 Å². The molecule has 0 unspecified atom stereocenters. The highest BCUT2D eigenvalue weighted by molar-refractivity contribution is 5.99. The first-order valence-electron chi connectivity index (χ1n) is 9.34. The summed E-state index contributed by atoms with van der Waals surface area (Å²) in [5.74, 6) is 0. The average Bonchev–Trinajstić information content (AvgIpc) is 2.73.